The lowest BCUT2D eigenvalue weighted by Crippen LogP contribution is -2.39. The zero-order valence-electron chi connectivity index (χ0n) is 12.8. The van der Waals surface area contributed by atoms with E-state index >= 15 is 0 Å². The number of ether oxygens (including phenoxy) is 1. The minimum absolute atomic E-state index is 0.0497. The molecule has 0 N–H and O–H groups in total. The van der Waals surface area contributed by atoms with Crippen LogP contribution in [0.3, 0.4) is 0 Å². The molecule has 4 heteroatoms. The van der Waals surface area contributed by atoms with Gasteiger partial charge >= 0.3 is 0 Å². The largest absolute Gasteiger partial charge is 0.479 e. The lowest BCUT2D eigenvalue weighted by molar-refractivity contribution is -0.138. The number of hydrogen-bond acceptors (Lipinski definition) is 2. The van der Waals surface area contributed by atoms with Crippen LogP contribution in [0, 0.1) is 0 Å². The van der Waals surface area contributed by atoms with Crippen LogP contribution in [0.1, 0.15) is 18.9 Å². The van der Waals surface area contributed by atoms with Crippen LogP contribution in [0.25, 0.3) is 0 Å². The molecular weight excluding hydrogens is 298 g/mol. The molecule has 0 saturated heterocycles. The van der Waals surface area contributed by atoms with Crippen molar-refractivity contribution >= 4 is 17.5 Å². The Hall–Kier alpha value is -2.00. The van der Waals surface area contributed by atoms with Crippen LogP contribution in [0.4, 0.5) is 0 Å². The van der Waals surface area contributed by atoms with Gasteiger partial charge in [-0.05, 0) is 24.1 Å². The van der Waals surface area contributed by atoms with Crippen molar-refractivity contribution in [2.24, 2.45) is 0 Å². The summed E-state index contributed by atoms with van der Waals surface area (Å²) in [4.78, 5) is 14.2. The summed E-state index contributed by atoms with van der Waals surface area (Å²) in [6.45, 7) is 2.48. The van der Waals surface area contributed by atoms with Gasteiger partial charge in [0.05, 0.1) is 5.02 Å². The van der Waals surface area contributed by atoms with E-state index in [9.17, 15) is 4.79 Å². The number of amides is 1. The molecule has 0 aliphatic heterocycles. The standard InChI is InChI=1S/C18H20ClNO2/c1-3-16(22-17-12-8-7-11-15(17)19)18(21)20(2)13-14-9-5-4-6-10-14/h4-12,16H,3,13H2,1-2H3/t16-/m1/s1. The van der Waals surface area contributed by atoms with E-state index in [0.717, 1.165) is 5.56 Å². The van der Waals surface area contributed by atoms with Gasteiger partial charge in [0.15, 0.2) is 6.10 Å². The Labute approximate surface area is 136 Å². The van der Waals surface area contributed by atoms with Crippen LogP contribution in [0.15, 0.2) is 54.6 Å². The summed E-state index contributed by atoms with van der Waals surface area (Å²) in [5.41, 5.74) is 1.09. The third kappa shape index (κ3) is 4.25. The van der Waals surface area contributed by atoms with Crippen LogP contribution in [0.5, 0.6) is 5.75 Å². The molecule has 0 fully saturated rings. The number of benzene rings is 2. The highest BCUT2D eigenvalue weighted by Gasteiger charge is 2.23. The van der Waals surface area contributed by atoms with Crippen molar-refractivity contribution in [3.05, 3.63) is 65.2 Å². The highest BCUT2D eigenvalue weighted by atomic mass is 35.5. The van der Waals surface area contributed by atoms with E-state index in [4.69, 9.17) is 16.3 Å². The van der Waals surface area contributed by atoms with E-state index in [2.05, 4.69) is 0 Å². The molecule has 0 aliphatic carbocycles. The van der Waals surface area contributed by atoms with Gasteiger partial charge in [-0.1, -0.05) is 61.0 Å². The van der Waals surface area contributed by atoms with Gasteiger partial charge < -0.3 is 9.64 Å². The van der Waals surface area contributed by atoms with Crippen LogP contribution in [-0.4, -0.2) is 24.0 Å². The van der Waals surface area contributed by atoms with Gasteiger partial charge in [-0.15, -0.1) is 0 Å². The number of hydrogen-bond donors (Lipinski definition) is 0. The van der Waals surface area contributed by atoms with Crippen LogP contribution in [0.2, 0.25) is 5.02 Å². The second-order valence-corrected chi connectivity index (χ2v) is 5.53. The molecule has 2 rings (SSSR count). The monoisotopic (exact) mass is 317 g/mol. The minimum atomic E-state index is -0.534. The Morgan fingerprint density at radius 2 is 1.77 bits per heavy atom. The van der Waals surface area contributed by atoms with E-state index in [1.165, 1.54) is 0 Å². The molecule has 0 aliphatic rings. The Morgan fingerprint density at radius 3 is 2.41 bits per heavy atom. The molecule has 0 heterocycles. The van der Waals surface area contributed by atoms with E-state index in [0.29, 0.717) is 23.7 Å². The first kappa shape index (κ1) is 16.4. The second kappa shape index (κ2) is 7.85. The van der Waals surface area contributed by atoms with E-state index in [-0.39, 0.29) is 5.91 Å². The number of para-hydroxylation sites is 1. The van der Waals surface area contributed by atoms with Crippen molar-refractivity contribution in [2.75, 3.05) is 7.05 Å². The van der Waals surface area contributed by atoms with Gasteiger partial charge in [-0.3, -0.25) is 4.79 Å². The molecule has 0 unspecified atom stereocenters. The maximum Gasteiger partial charge on any atom is 0.263 e. The predicted molar refractivity (Wildman–Crippen MR) is 89.1 cm³/mol. The topological polar surface area (TPSA) is 29.5 Å². The fraction of sp³-hybridized carbons (Fsp3) is 0.278. The van der Waals surface area contributed by atoms with Crippen molar-refractivity contribution in [3.8, 4) is 5.75 Å². The average molecular weight is 318 g/mol. The smallest absolute Gasteiger partial charge is 0.263 e. The van der Waals surface area contributed by atoms with Gasteiger partial charge in [-0.2, -0.15) is 0 Å². The summed E-state index contributed by atoms with van der Waals surface area (Å²) >= 11 is 6.09. The maximum absolute atomic E-state index is 12.6. The first-order valence-electron chi connectivity index (χ1n) is 7.32. The number of likely N-dealkylation sites (N-methyl/N-ethyl adjacent to an activating group) is 1. The number of carbonyl (C=O) groups is 1. The first-order valence-corrected chi connectivity index (χ1v) is 7.69. The Morgan fingerprint density at radius 1 is 1.14 bits per heavy atom. The number of carbonyl (C=O) groups excluding carboxylic acids is 1. The normalized spacial score (nSPS) is 11.8. The maximum atomic E-state index is 12.6. The summed E-state index contributed by atoms with van der Waals surface area (Å²) < 4.78 is 5.79. The molecule has 0 bridgehead atoms. The van der Waals surface area contributed by atoms with Crippen LogP contribution < -0.4 is 4.74 Å². The second-order valence-electron chi connectivity index (χ2n) is 5.13. The molecule has 0 saturated carbocycles. The number of rotatable bonds is 6. The van der Waals surface area contributed by atoms with Crippen LogP contribution >= 0.6 is 11.6 Å². The molecule has 116 valence electrons. The zero-order chi connectivity index (χ0) is 15.9. The SMILES string of the molecule is CC[C@@H](Oc1ccccc1Cl)C(=O)N(C)Cc1ccccc1. The molecule has 2 aromatic rings. The Balaban J connectivity index is 2.03. The molecule has 22 heavy (non-hydrogen) atoms. The van der Waals surface area contributed by atoms with Gasteiger partial charge in [0.25, 0.3) is 5.91 Å². The van der Waals surface area contributed by atoms with Crippen molar-refractivity contribution in [1.82, 2.24) is 4.90 Å². The summed E-state index contributed by atoms with van der Waals surface area (Å²) in [6.07, 6.45) is 0.0528. The Kier molecular flexibility index (Phi) is 5.84. The molecule has 0 spiro atoms. The van der Waals surface area contributed by atoms with Gasteiger partial charge in [0, 0.05) is 13.6 Å². The third-order valence-electron chi connectivity index (χ3n) is 3.39. The molecule has 1 atom stereocenters. The minimum Gasteiger partial charge on any atom is -0.479 e. The van der Waals surface area contributed by atoms with Gasteiger partial charge in [-0.25, -0.2) is 0 Å². The molecule has 1 amide bonds. The van der Waals surface area contributed by atoms with Crippen molar-refractivity contribution in [2.45, 2.75) is 26.0 Å². The Bertz CT molecular complexity index is 615. The van der Waals surface area contributed by atoms with E-state index < -0.39 is 6.10 Å². The molecule has 3 nitrogen and oxygen atoms in total. The molecular formula is C18H20ClNO2. The highest BCUT2D eigenvalue weighted by molar-refractivity contribution is 6.32. The quantitative estimate of drug-likeness (QED) is 0.800. The van der Waals surface area contributed by atoms with E-state index in [1.807, 2.05) is 49.4 Å². The van der Waals surface area contributed by atoms with Crippen molar-refractivity contribution in [3.63, 3.8) is 0 Å². The molecule has 0 aromatic heterocycles. The fourth-order valence-corrected chi connectivity index (χ4v) is 2.36. The average Bonchev–Trinajstić information content (AvgIpc) is 2.54. The van der Waals surface area contributed by atoms with Crippen molar-refractivity contribution < 1.29 is 9.53 Å². The third-order valence-corrected chi connectivity index (χ3v) is 3.70. The molecule has 2 aromatic carbocycles. The van der Waals surface area contributed by atoms with Crippen molar-refractivity contribution in [1.29, 1.82) is 0 Å². The zero-order valence-corrected chi connectivity index (χ0v) is 13.6. The fourth-order valence-electron chi connectivity index (χ4n) is 2.18. The number of nitrogens with zero attached hydrogens (tertiary/aromatic N) is 1. The molecule has 0 radical (unpaired) electrons. The predicted octanol–water partition coefficient (Wildman–Crippen LogP) is 4.16. The summed E-state index contributed by atoms with van der Waals surface area (Å²) in [5.74, 6) is 0.490. The van der Waals surface area contributed by atoms with Gasteiger partial charge in [0.1, 0.15) is 5.75 Å². The summed E-state index contributed by atoms with van der Waals surface area (Å²) in [6, 6.07) is 17.1. The first-order chi connectivity index (χ1) is 10.6. The summed E-state index contributed by atoms with van der Waals surface area (Å²) in [5, 5.41) is 0.513. The summed E-state index contributed by atoms with van der Waals surface area (Å²) in [7, 11) is 1.79. The van der Waals surface area contributed by atoms with E-state index in [1.54, 1.807) is 24.1 Å². The van der Waals surface area contributed by atoms with Crippen LogP contribution in [-0.2, 0) is 11.3 Å². The van der Waals surface area contributed by atoms with Gasteiger partial charge in [0.2, 0.25) is 0 Å². The highest BCUT2D eigenvalue weighted by Crippen LogP contribution is 2.25. The lowest BCUT2D eigenvalue weighted by Gasteiger charge is -2.24. The lowest BCUT2D eigenvalue weighted by atomic mass is 10.2. The number of halogens is 1.